The van der Waals surface area contributed by atoms with Gasteiger partial charge in [0.1, 0.15) is 25.4 Å². The molecule has 0 aromatic carbocycles. The molecule has 0 aromatic heterocycles. The van der Waals surface area contributed by atoms with Crippen molar-refractivity contribution in [3.63, 3.8) is 0 Å². The second-order valence-corrected chi connectivity index (χ2v) is 22.3. The summed E-state index contributed by atoms with van der Waals surface area (Å²) >= 11 is 0. The minimum atomic E-state index is -4.91. The number of phosphoric ester groups is 2. The van der Waals surface area contributed by atoms with Crippen molar-refractivity contribution in [2.75, 3.05) is 39.6 Å². The van der Waals surface area contributed by atoms with Crippen molar-refractivity contribution < 1.29 is 75.8 Å². The number of hydrogen-bond acceptors (Lipinski definition) is 14. The van der Waals surface area contributed by atoms with E-state index in [1.165, 1.54) is 64.2 Å². The van der Waals surface area contributed by atoms with Crippen LogP contribution in [-0.4, -0.2) is 95.9 Å². The highest BCUT2D eigenvalue weighted by Crippen LogP contribution is 2.45. The molecule has 0 spiro atoms. The van der Waals surface area contributed by atoms with Crippen LogP contribution in [0.5, 0.6) is 0 Å². The third-order valence-electron chi connectivity index (χ3n) is 11.9. The molecule has 0 saturated carbocycles. The highest BCUT2D eigenvalue weighted by molar-refractivity contribution is 7.47. The molecule has 0 aliphatic carbocycles. The predicted octanol–water partition coefficient (Wildman–Crippen LogP) is 14.9. The van der Waals surface area contributed by atoms with Crippen molar-refractivity contribution in [3.05, 3.63) is 72.9 Å². The molecule has 77 heavy (non-hydrogen) atoms. The summed E-state index contributed by atoms with van der Waals surface area (Å²) in [6, 6.07) is 0. The highest BCUT2D eigenvalue weighted by atomic mass is 31.2. The van der Waals surface area contributed by atoms with E-state index in [2.05, 4.69) is 81.5 Å². The van der Waals surface area contributed by atoms with Crippen LogP contribution in [0.25, 0.3) is 0 Å². The molecule has 0 aliphatic rings. The van der Waals surface area contributed by atoms with Crippen LogP contribution in [0, 0.1) is 0 Å². The molecule has 0 heterocycles. The molecule has 5 unspecified atom stereocenters. The third-order valence-corrected chi connectivity index (χ3v) is 13.8. The van der Waals surface area contributed by atoms with E-state index >= 15 is 0 Å². The molecule has 0 rings (SSSR count). The first-order valence-electron chi connectivity index (χ1n) is 29.2. The number of esters is 3. The number of ether oxygens (including phenoxy) is 3. The quantitative estimate of drug-likeness (QED) is 0.0146. The first kappa shape index (κ1) is 74.0. The van der Waals surface area contributed by atoms with E-state index in [4.69, 9.17) is 32.3 Å². The summed E-state index contributed by atoms with van der Waals surface area (Å²) in [4.78, 5) is 57.9. The first-order chi connectivity index (χ1) is 37.2. The number of carbonyl (C=O) groups excluding carboxylic acids is 3. The summed E-state index contributed by atoms with van der Waals surface area (Å²) in [5.41, 5.74) is 0. The van der Waals surface area contributed by atoms with Crippen molar-refractivity contribution in [2.45, 2.75) is 245 Å². The molecular weight excluding hydrogens is 1030 g/mol. The Kier molecular flexibility index (Phi) is 51.5. The number of carbonyl (C=O) groups is 3. The Labute approximate surface area is 464 Å². The van der Waals surface area contributed by atoms with Gasteiger partial charge < -0.3 is 34.2 Å². The first-order valence-corrected chi connectivity index (χ1v) is 32.2. The smallest absolute Gasteiger partial charge is 0.463 e. The van der Waals surface area contributed by atoms with E-state index in [1.807, 2.05) is 12.2 Å². The van der Waals surface area contributed by atoms with E-state index in [9.17, 15) is 43.5 Å². The summed E-state index contributed by atoms with van der Waals surface area (Å²) in [6.07, 6.45) is 51.3. The van der Waals surface area contributed by atoms with Crippen molar-refractivity contribution >= 4 is 33.6 Å². The van der Waals surface area contributed by atoms with Crippen LogP contribution in [0.15, 0.2) is 72.9 Å². The van der Waals surface area contributed by atoms with Gasteiger partial charge in [0, 0.05) is 19.3 Å². The fraction of sp³-hybridized carbons (Fsp3) is 0.746. The molecule has 0 amide bonds. The van der Waals surface area contributed by atoms with Gasteiger partial charge in [-0.2, -0.15) is 0 Å². The van der Waals surface area contributed by atoms with Crippen LogP contribution in [0.2, 0.25) is 0 Å². The van der Waals surface area contributed by atoms with Gasteiger partial charge in [0.25, 0.3) is 0 Å². The number of unbranched alkanes of at least 4 members (excludes halogenated alkanes) is 20. The lowest BCUT2D eigenvalue weighted by Crippen LogP contribution is -2.30. The fourth-order valence-corrected chi connectivity index (χ4v) is 9.01. The summed E-state index contributed by atoms with van der Waals surface area (Å²) in [6.45, 7) is 2.42. The number of allylic oxidation sites excluding steroid dienone is 12. The van der Waals surface area contributed by atoms with Crippen molar-refractivity contribution in [2.24, 2.45) is 0 Å². The maximum atomic E-state index is 12.8. The van der Waals surface area contributed by atoms with Gasteiger partial charge in [-0.1, -0.05) is 196 Å². The van der Waals surface area contributed by atoms with E-state index < -0.39 is 91.5 Å². The van der Waals surface area contributed by atoms with Crippen LogP contribution in [0.3, 0.4) is 0 Å². The summed E-state index contributed by atoms with van der Waals surface area (Å²) < 4.78 is 60.4. The number of aliphatic hydroxyl groups excluding tert-OH is 2. The monoisotopic (exact) mass is 1130 g/mol. The summed E-state index contributed by atoms with van der Waals surface area (Å²) in [7, 11) is -9.76. The van der Waals surface area contributed by atoms with Crippen LogP contribution in [0.4, 0.5) is 0 Å². The molecule has 0 aromatic rings. The number of aliphatic hydroxyl groups is 2. The van der Waals surface area contributed by atoms with Crippen LogP contribution in [-0.2, 0) is 55.8 Å². The third kappa shape index (κ3) is 54.7. The molecule has 0 radical (unpaired) electrons. The Morgan fingerprint density at radius 2 is 0.701 bits per heavy atom. The Morgan fingerprint density at radius 3 is 1.17 bits per heavy atom. The normalized spacial score (nSPS) is 15.1. The molecule has 16 nitrogen and oxygen atoms in total. The molecule has 0 aliphatic heterocycles. The second-order valence-electron chi connectivity index (χ2n) is 19.4. The zero-order chi connectivity index (χ0) is 56.8. The van der Waals surface area contributed by atoms with Gasteiger partial charge in [-0.05, 0) is 83.5 Å². The topological polar surface area (TPSA) is 231 Å². The Balaban J connectivity index is 4.68. The standard InChI is InChI=1S/C59H104O16P2/c1-4-7-10-13-16-19-22-24-25-26-27-29-32-33-36-39-42-45-57(62)69-48-54(60)49-71-76(65,66)72-50-55(61)51-73-77(67,68)74-53-56(75-59(64)47-44-41-38-35-30-21-18-15-12-9-6-3)52-70-58(63)46-43-40-37-34-31-28-23-20-17-14-11-8-5-2/h7,10,16,19-20,23-25,27,29,33,36,54-56,60-61H,4-6,8-9,11-15,17-18,21-22,26,28,30-32,34-35,37-53H2,1-3H3,(H,65,66)(H,67,68)/b10-7-,19-16-,23-20-,25-24-,29-27-,36-33-. The second kappa shape index (κ2) is 53.6. The van der Waals surface area contributed by atoms with Gasteiger partial charge >= 0.3 is 33.6 Å². The predicted molar refractivity (Wildman–Crippen MR) is 307 cm³/mol. The van der Waals surface area contributed by atoms with Gasteiger partial charge in [0.2, 0.25) is 0 Å². The van der Waals surface area contributed by atoms with Crippen LogP contribution in [0.1, 0.15) is 226 Å². The number of rotatable bonds is 55. The van der Waals surface area contributed by atoms with Crippen molar-refractivity contribution in [1.82, 2.24) is 0 Å². The van der Waals surface area contributed by atoms with Crippen LogP contribution >= 0.6 is 15.6 Å². The molecule has 0 fully saturated rings. The summed E-state index contributed by atoms with van der Waals surface area (Å²) in [5.74, 6) is -1.64. The van der Waals surface area contributed by atoms with Crippen LogP contribution < -0.4 is 0 Å². The van der Waals surface area contributed by atoms with Gasteiger partial charge in [-0.15, -0.1) is 0 Å². The largest absolute Gasteiger partial charge is 0.472 e. The minimum absolute atomic E-state index is 0.105. The average molecular weight is 1130 g/mol. The van der Waals surface area contributed by atoms with Gasteiger partial charge in [0.05, 0.1) is 26.4 Å². The molecule has 0 bridgehead atoms. The number of hydrogen-bond donors (Lipinski definition) is 4. The average Bonchev–Trinajstić information content (AvgIpc) is 3.40. The zero-order valence-electron chi connectivity index (χ0n) is 47.6. The molecule has 4 N–H and O–H groups in total. The van der Waals surface area contributed by atoms with E-state index in [0.717, 1.165) is 96.3 Å². The van der Waals surface area contributed by atoms with Gasteiger partial charge in [-0.3, -0.25) is 32.5 Å². The highest BCUT2D eigenvalue weighted by Gasteiger charge is 2.29. The van der Waals surface area contributed by atoms with Gasteiger partial charge in [-0.25, -0.2) is 9.13 Å². The van der Waals surface area contributed by atoms with E-state index in [-0.39, 0.29) is 19.3 Å². The van der Waals surface area contributed by atoms with Crippen molar-refractivity contribution in [3.8, 4) is 0 Å². The lowest BCUT2D eigenvalue weighted by molar-refractivity contribution is -0.161. The molecule has 5 atom stereocenters. The fourth-order valence-electron chi connectivity index (χ4n) is 7.42. The molecular formula is C59H104O16P2. The maximum absolute atomic E-state index is 12.8. The minimum Gasteiger partial charge on any atom is -0.463 e. The van der Waals surface area contributed by atoms with Crippen molar-refractivity contribution in [1.29, 1.82) is 0 Å². The Bertz CT molecular complexity index is 1710. The lowest BCUT2D eigenvalue weighted by atomic mass is 10.1. The Morgan fingerprint density at radius 1 is 0.377 bits per heavy atom. The lowest BCUT2D eigenvalue weighted by Gasteiger charge is -2.21. The summed E-state index contributed by atoms with van der Waals surface area (Å²) in [5, 5.41) is 20.4. The molecule has 0 saturated heterocycles. The number of phosphoric acid groups is 2. The zero-order valence-corrected chi connectivity index (χ0v) is 49.4. The van der Waals surface area contributed by atoms with Gasteiger partial charge in [0.15, 0.2) is 6.10 Å². The van der Waals surface area contributed by atoms with E-state index in [1.54, 1.807) is 0 Å². The Hall–Kier alpha value is -3.01. The molecule has 18 heteroatoms. The maximum Gasteiger partial charge on any atom is 0.472 e. The SMILES string of the molecule is CC/C=C\C/C=C\C/C=C\C/C=C\C/C=C\CCCC(=O)OCC(O)COP(=O)(O)OCC(O)COP(=O)(O)OCC(COC(=O)CCCCCCC/C=C\CCCCCC)OC(=O)CCCCCCCCCCCCC. The molecule has 446 valence electrons. The van der Waals surface area contributed by atoms with E-state index in [0.29, 0.717) is 25.7 Å².